The zero-order valence-corrected chi connectivity index (χ0v) is 11.6. The van der Waals surface area contributed by atoms with Crippen LogP contribution in [0.5, 0.6) is 0 Å². The summed E-state index contributed by atoms with van der Waals surface area (Å²) in [6.45, 7) is 0. The maximum atomic E-state index is 12.8. The van der Waals surface area contributed by atoms with Gasteiger partial charge in [0, 0.05) is 18.4 Å². The molecule has 0 radical (unpaired) electrons. The van der Waals surface area contributed by atoms with Gasteiger partial charge in [-0.1, -0.05) is 5.92 Å². The lowest BCUT2D eigenvalue weighted by Gasteiger charge is -2.07. The van der Waals surface area contributed by atoms with Crippen LogP contribution in [0.1, 0.15) is 18.1 Å². The van der Waals surface area contributed by atoms with Crippen molar-refractivity contribution in [2.75, 3.05) is 7.11 Å². The molecule has 0 saturated carbocycles. The lowest BCUT2D eigenvalue weighted by molar-refractivity contribution is -0.149. The highest BCUT2D eigenvalue weighted by atomic mass is 19.1. The Balaban J connectivity index is 2.04. The van der Waals surface area contributed by atoms with Crippen molar-refractivity contribution in [2.24, 2.45) is 5.92 Å². The number of allylic oxidation sites excluding steroid dienone is 2. The number of ether oxygens (including phenoxy) is 1. The van der Waals surface area contributed by atoms with Crippen molar-refractivity contribution < 1.29 is 28.2 Å². The summed E-state index contributed by atoms with van der Waals surface area (Å²) in [7, 11) is 1.06. The number of aliphatic hydroxyl groups is 1. The molecule has 114 valence electrons. The molecule has 1 aromatic rings. The van der Waals surface area contributed by atoms with Crippen LogP contribution in [-0.2, 0) is 20.7 Å². The average Bonchev–Trinajstić information content (AvgIpc) is 2.97. The maximum Gasteiger partial charge on any atom is 0.378 e. The van der Waals surface area contributed by atoms with Crippen molar-refractivity contribution in [1.29, 1.82) is 0 Å². The molecule has 0 bridgehead atoms. The monoisotopic (exact) mass is 305 g/mol. The van der Waals surface area contributed by atoms with E-state index in [0.29, 0.717) is 18.9 Å². The predicted molar refractivity (Wildman–Crippen MR) is 72.9 cm³/mol. The highest BCUT2D eigenvalue weighted by Gasteiger charge is 2.17. The van der Waals surface area contributed by atoms with Crippen molar-refractivity contribution in [3.63, 3.8) is 0 Å². The number of hydrogen-bond acceptors (Lipinski definition) is 6. The van der Waals surface area contributed by atoms with Crippen LogP contribution in [-0.4, -0.2) is 29.0 Å². The number of hydrogen-bond donors (Lipinski definition) is 1. The van der Waals surface area contributed by atoms with E-state index in [-0.39, 0.29) is 17.6 Å². The molecule has 7 heteroatoms. The van der Waals surface area contributed by atoms with E-state index in [1.165, 1.54) is 12.3 Å². The molecule has 0 spiro atoms. The number of halogens is 1. The first kappa shape index (κ1) is 15.5. The van der Waals surface area contributed by atoms with Crippen LogP contribution in [0.25, 0.3) is 5.76 Å². The van der Waals surface area contributed by atoms with Crippen LogP contribution < -0.4 is 0 Å². The minimum absolute atomic E-state index is 0.0576. The Morgan fingerprint density at radius 1 is 1.64 bits per heavy atom. The number of oxazole rings is 1. The van der Waals surface area contributed by atoms with Gasteiger partial charge in [-0.15, -0.1) is 0 Å². The van der Waals surface area contributed by atoms with Gasteiger partial charge in [0.05, 0.1) is 13.3 Å². The Labute approximate surface area is 125 Å². The minimum atomic E-state index is -1.10. The molecule has 0 aliphatic heterocycles. The smallest absolute Gasteiger partial charge is 0.378 e. The molecule has 0 fully saturated rings. The van der Waals surface area contributed by atoms with Crippen molar-refractivity contribution in [2.45, 2.75) is 12.8 Å². The molecule has 0 aromatic carbocycles. The van der Waals surface area contributed by atoms with Crippen LogP contribution in [0.15, 0.2) is 28.6 Å². The fraction of sp³-hybridized carbons (Fsp3) is 0.267. The predicted octanol–water partition coefficient (Wildman–Crippen LogP) is 1.73. The first-order valence-electron chi connectivity index (χ1n) is 6.34. The Bertz CT molecular complexity index is 720. The van der Waals surface area contributed by atoms with E-state index in [1.807, 2.05) is 0 Å². The number of rotatable bonds is 5. The number of esters is 1. The van der Waals surface area contributed by atoms with Gasteiger partial charge >= 0.3 is 5.97 Å². The second kappa shape index (κ2) is 6.72. The van der Waals surface area contributed by atoms with Crippen LogP contribution in [0.3, 0.4) is 0 Å². The van der Waals surface area contributed by atoms with Gasteiger partial charge < -0.3 is 14.3 Å². The summed E-state index contributed by atoms with van der Waals surface area (Å²) in [4.78, 5) is 26.2. The van der Waals surface area contributed by atoms with E-state index in [2.05, 4.69) is 21.6 Å². The molecule has 22 heavy (non-hydrogen) atoms. The number of ketones is 1. The van der Waals surface area contributed by atoms with E-state index >= 15 is 0 Å². The summed E-state index contributed by atoms with van der Waals surface area (Å²) in [5, 5.41) is 9.70. The summed E-state index contributed by atoms with van der Waals surface area (Å²) >= 11 is 0. The Kier molecular flexibility index (Phi) is 4.73. The molecule has 1 N–H and O–H groups in total. The quantitative estimate of drug-likeness (QED) is 0.293. The Hall–Kier alpha value is -2.88. The second-order valence-corrected chi connectivity index (χ2v) is 4.46. The molecule has 1 heterocycles. The van der Waals surface area contributed by atoms with Crippen molar-refractivity contribution >= 4 is 17.5 Å². The molecule has 1 aliphatic carbocycles. The first-order valence-corrected chi connectivity index (χ1v) is 6.34. The van der Waals surface area contributed by atoms with Crippen LogP contribution in [0, 0.1) is 17.8 Å². The van der Waals surface area contributed by atoms with Crippen molar-refractivity contribution in [3.05, 3.63) is 35.8 Å². The Morgan fingerprint density at radius 2 is 2.41 bits per heavy atom. The van der Waals surface area contributed by atoms with E-state index < -0.39 is 23.3 Å². The van der Waals surface area contributed by atoms with Gasteiger partial charge in [-0.05, 0) is 18.4 Å². The molecule has 6 nitrogen and oxygen atoms in total. The minimum Gasteiger partial charge on any atom is -0.504 e. The largest absolute Gasteiger partial charge is 0.504 e. The van der Waals surface area contributed by atoms with Crippen LogP contribution in [0.2, 0.25) is 0 Å². The van der Waals surface area contributed by atoms with Gasteiger partial charge in [-0.2, -0.15) is 4.39 Å². The summed E-state index contributed by atoms with van der Waals surface area (Å²) in [5.74, 6) is 2.07. The third kappa shape index (κ3) is 3.82. The Morgan fingerprint density at radius 3 is 3.05 bits per heavy atom. The van der Waals surface area contributed by atoms with Gasteiger partial charge in [-0.3, -0.25) is 4.79 Å². The molecule has 0 amide bonds. The topological polar surface area (TPSA) is 89.6 Å². The number of carbonyl (C=O) groups is 2. The van der Waals surface area contributed by atoms with E-state index in [4.69, 9.17) is 4.42 Å². The van der Waals surface area contributed by atoms with E-state index in [9.17, 15) is 19.1 Å². The maximum absolute atomic E-state index is 12.8. The molecular weight excluding hydrogens is 293 g/mol. The molecule has 1 atom stereocenters. The third-order valence-corrected chi connectivity index (χ3v) is 2.86. The van der Waals surface area contributed by atoms with Gasteiger partial charge in [-0.25, -0.2) is 9.78 Å². The van der Waals surface area contributed by atoms with Crippen molar-refractivity contribution in [3.8, 4) is 11.8 Å². The number of nitrogens with zero attached hydrogens (tertiary/aromatic N) is 1. The van der Waals surface area contributed by atoms with Gasteiger partial charge in [0.15, 0.2) is 23.2 Å². The number of aliphatic hydroxyl groups excluding tert-OH is 1. The molecule has 0 saturated heterocycles. The molecule has 1 unspecified atom stereocenters. The summed E-state index contributed by atoms with van der Waals surface area (Å²) < 4.78 is 22.3. The molecule has 1 aliphatic rings. The van der Waals surface area contributed by atoms with E-state index in [1.54, 1.807) is 0 Å². The highest BCUT2D eigenvalue weighted by Crippen LogP contribution is 2.19. The van der Waals surface area contributed by atoms with Crippen LogP contribution in [0.4, 0.5) is 4.39 Å². The molecular formula is C15H12FNO5. The van der Waals surface area contributed by atoms with E-state index in [0.717, 1.165) is 7.11 Å². The fourth-order valence-corrected chi connectivity index (χ4v) is 1.75. The summed E-state index contributed by atoms with van der Waals surface area (Å²) in [6, 6.07) is 0. The van der Waals surface area contributed by atoms with Gasteiger partial charge in [0.2, 0.25) is 0 Å². The number of aromatic nitrogens is 1. The first-order chi connectivity index (χ1) is 10.5. The van der Waals surface area contributed by atoms with Crippen molar-refractivity contribution in [1.82, 2.24) is 4.98 Å². The summed E-state index contributed by atoms with van der Waals surface area (Å²) in [5.41, 5.74) is 0. The average molecular weight is 305 g/mol. The highest BCUT2D eigenvalue weighted by molar-refractivity contribution is 6.39. The second-order valence-electron chi connectivity index (χ2n) is 4.46. The van der Waals surface area contributed by atoms with Crippen LogP contribution >= 0.6 is 0 Å². The fourth-order valence-electron chi connectivity index (χ4n) is 1.75. The number of methoxy groups -OCH3 is 1. The zero-order chi connectivity index (χ0) is 16.1. The molecule has 2 rings (SSSR count). The normalized spacial score (nSPS) is 17.3. The van der Waals surface area contributed by atoms with Gasteiger partial charge in [0.1, 0.15) is 0 Å². The van der Waals surface area contributed by atoms with Gasteiger partial charge in [0.25, 0.3) is 5.78 Å². The third-order valence-electron chi connectivity index (χ3n) is 2.86. The summed E-state index contributed by atoms with van der Waals surface area (Å²) in [6.07, 6.45) is 4.08. The SMILES string of the molecule is COC(=O)C(=O)C=C(O)c1cnc(CC2C#CC(F)=CC2)o1. The molecule has 1 aromatic heterocycles. The lowest BCUT2D eigenvalue weighted by Crippen LogP contribution is -2.12. The lowest BCUT2D eigenvalue weighted by atomic mass is 9.99. The zero-order valence-electron chi connectivity index (χ0n) is 11.6. The number of carbonyl (C=O) groups excluding carboxylic acids is 2. The standard InChI is InChI=1S/C15H12FNO5/c1-21-15(20)12(19)7-11(18)13-8-17-14(22-13)6-9-2-4-10(16)5-3-9/h4,7-9,18H,2,6H2,1H3.